The Morgan fingerprint density at radius 2 is 1.87 bits per heavy atom. The van der Waals surface area contributed by atoms with Crippen molar-refractivity contribution in [2.75, 3.05) is 24.5 Å². The van der Waals surface area contributed by atoms with E-state index < -0.39 is 11.7 Å². The largest absolute Gasteiger partial charge is 0.416 e. The van der Waals surface area contributed by atoms with Crippen LogP contribution in [0.5, 0.6) is 0 Å². The summed E-state index contributed by atoms with van der Waals surface area (Å²) < 4.78 is 38.9. The Morgan fingerprint density at radius 3 is 2.61 bits per heavy atom. The van der Waals surface area contributed by atoms with Crippen molar-refractivity contribution >= 4 is 17.3 Å². The van der Waals surface area contributed by atoms with E-state index in [1.807, 2.05) is 18.2 Å². The molecule has 0 spiro atoms. The molecular formula is C17H16ClF3N2. The Hall–Kier alpha value is -1.72. The molecule has 1 aliphatic heterocycles. The number of alkyl halides is 3. The van der Waals surface area contributed by atoms with E-state index in [0.29, 0.717) is 23.7 Å². The number of benzene rings is 2. The first-order chi connectivity index (χ1) is 10.9. The summed E-state index contributed by atoms with van der Waals surface area (Å²) in [7, 11) is 0. The minimum atomic E-state index is -4.33. The lowest BCUT2D eigenvalue weighted by Crippen LogP contribution is -2.46. The molecule has 0 aliphatic carbocycles. The van der Waals surface area contributed by atoms with Gasteiger partial charge in [-0.1, -0.05) is 29.8 Å². The molecule has 122 valence electrons. The number of anilines is 1. The summed E-state index contributed by atoms with van der Waals surface area (Å²) in [4.78, 5) is 2.10. The van der Waals surface area contributed by atoms with Crippen molar-refractivity contribution < 1.29 is 13.2 Å². The van der Waals surface area contributed by atoms with Crippen LogP contribution in [0.2, 0.25) is 5.02 Å². The SMILES string of the molecule is FC(F)(F)c1cccc(C2CNCCN2c2cccc(Cl)c2)c1. The summed E-state index contributed by atoms with van der Waals surface area (Å²) in [6.45, 7) is 2.08. The second kappa shape index (κ2) is 6.42. The van der Waals surface area contributed by atoms with Crippen LogP contribution in [-0.4, -0.2) is 19.6 Å². The number of halogens is 4. The van der Waals surface area contributed by atoms with Gasteiger partial charge in [0.15, 0.2) is 0 Å². The van der Waals surface area contributed by atoms with Crippen LogP contribution in [0, 0.1) is 0 Å². The molecule has 2 aromatic carbocycles. The number of piperazine rings is 1. The molecule has 1 saturated heterocycles. The van der Waals surface area contributed by atoms with E-state index in [1.54, 1.807) is 12.1 Å². The summed E-state index contributed by atoms with van der Waals surface area (Å²) >= 11 is 6.05. The Bertz CT molecular complexity index is 688. The predicted molar refractivity (Wildman–Crippen MR) is 85.9 cm³/mol. The van der Waals surface area contributed by atoms with Crippen molar-refractivity contribution in [3.05, 3.63) is 64.7 Å². The fraction of sp³-hybridized carbons (Fsp3) is 0.294. The van der Waals surface area contributed by atoms with Crippen LogP contribution < -0.4 is 10.2 Å². The summed E-state index contributed by atoms with van der Waals surface area (Å²) in [6.07, 6.45) is -4.33. The van der Waals surface area contributed by atoms with E-state index in [1.165, 1.54) is 12.1 Å². The number of hydrogen-bond donors (Lipinski definition) is 1. The van der Waals surface area contributed by atoms with Gasteiger partial charge < -0.3 is 10.2 Å². The lowest BCUT2D eigenvalue weighted by Gasteiger charge is -2.38. The highest BCUT2D eigenvalue weighted by Crippen LogP contribution is 2.34. The summed E-state index contributed by atoms with van der Waals surface area (Å²) in [6, 6.07) is 12.8. The average Bonchev–Trinajstić information content (AvgIpc) is 2.54. The van der Waals surface area contributed by atoms with Crippen LogP contribution in [-0.2, 0) is 6.18 Å². The van der Waals surface area contributed by atoms with Crippen molar-refractivity contribution in [3.63, 3.8) is 0 Å². The molecule has 23 heavy (non-hydrogen) atoms. The molecule has 6 heteroatoms. The van der Waals surface area contributed by atoms with Gasteiger partial charge in [0, 0.05) is 30.3 Å². The average molecular weight is 341 g/mol. The molecule has 0 saturated carbocycles. The molecular weight excluding hydrogens is 325 g/mol. The minimum absolute atomic E-state index is 0.162. The van der Waals surface area contributed by atoms with Crippen molar-refractivity contribution in [1.82, 2.24) is 5.32 Å². The molecule has 0 amide bonds. The normalized spacial score (nSPS) is 19.0. The van der Waals surface area contributed by atoms with Crippen LogP contribution in [0.25, 0.3) is 0 Å². The van der Waals surface area contributed by atoms with E-state index in [9.17, 15) is 13.2 Å². The van der Waals surface area contributed by atoms with Gasteiger partial charge >= 0.3 is 6.18 Å². The van der Waals surface area contributed by atoms with Crippen molar-refractivity contribution in [2.45, 2.75) is 12.2 Å². The van der Waals surface area contributed by atoms with E-state index >= 15 is 0 Å². The number of nitrogens with one attached hydrogen (secondary N) is 1. The van der Waals surface area contributed by atoms with Gasteiger partial charge in [0.1, 0.15) is 0 Å². The predicted octanol–water partition coefficient (Wildman–Crippen LogP) is 4.51. The van der Waals surface area contributed by atoms with Crippen molar-refractivity contribution in [1.29, 1.82) is 0 Å². The van der Waals surface area contributed by atoms with E-state index in [0.717, 1.165) is 18.3 Å². The second-order valence-electron chi connectivity index (χ2n) is 5.52. The van der Waals surface area contributed by atoms with Crippen LogP contribution in [0.1, 0.15) is 17.2 Å². The number of hydrogen-bond acceptors (Lipinski definition) is 2. The molecule has 1 N–H and O–H groups in total. The van der Waals surface area contributed by atoms with Gasteiger partial charge in [-0.15, -0.1) is 0 Å². The maximum Gasteiger partial charge on any atom is 0.416 e. The Labute approximate surface area is 137 Å². The fourth-order valence-electron chi connectivity index (χ4n) is 2.89. The van der Waals surface area contributed by atoms with Gasteiger partial charge in [-0.05, 0) is 35.9 Å². The molecule has 0 radical (unpaired) electrons. The number of rotatable bonds is 2. The quantitative estimate of drug-likeness (QED) is 0.865. The minimum Gasteiger partial charge on any atom is -0.362 e. The smallest absolute Gasteiger partial charge is 0.362 e. The highest BCUT2D eigenvalue weighted by atomic mass is 35.5. The lowest BCUT2D eigenvalue weighted by atomic mass is 10.00. The molecule has 1 fully saturated rings. The first-order valence-corrected chi connectivity index (χ1v) is 7.73. The Balaban J connectivity index is 1.96. The molecule has 2 aromatic rings. The summed E-state index contributed by atoms with van der Waals surface area (Å²) in [5, 5.41) is 3.86. The zero-order chi connectivity index (χ0) is 16.4. The van der Waals surface area contributed by atoms with E-state index in [-0.39, 0.29) is 6.04 Å². The molecule has 1 aliphatic rings. The van der Waals surface area contributed by atoms with Gasteiger partial charge in [-0.25, -0.2) is 0 Å². The van der Waals surface area contributed by atoms with Crippen LogP contribution in [0.15, 0.2) is 48.5 Å². The maximum absolute atomic E-state index is 13.0. The van der Waals surface area contributed by atoms with Crippen LogP contribution >= 0.6 is 11.6 Å². The standard InChI is InChI=1S/C17H16ClF3N2/c18-14-5-2-6-15(10-14)23-8-7-22-11-16(23)12-3-1-4-13(9-12)17(19,20)21/h1-6,9-10,16,22H,7-8,11H2. The molecule has 3 rings (SSSR count). The van der Waals surface area contributed by atoms with Gasteiger partial charge in [0.25, 0.3) is 0 Å². The Morgan fingerprint density at radius 1 is 1.09 bits per heavy atom. The second-order valence-corrected chi connectivity index (χ2v) is 5.95. The third kappa shape index (κ3) is 3.62. The molecule has 1 atom stereocenters. The highest BCUT2D eigenvalue weighted by molar-refractivity contribution is 6.30. The first kappa shape index (κ1) is 16.1. The molecule has 0 bridgehead atoms. The van der Waals surface area contributed by atoms with Crippen LogP contribution in [0.4, 0.5) is 18.9 Å². The van der Waals surface area contributed by atoms with Crippen molar-refractivity contribution in [3.8, 4) is 0 Å². The van der Waals surface area contributed by atoms with Gasteiger partial charge in [-0.2, -0.15) is 13.2 Å². The third-order valence-corrected chi connectivity index (χ3v) is 4.22. The third-order valence-electron chi connectivity index (χ3n) is 3.98. The van der Waals surface area contributed by atoms with Gasteiger partial charge in [0.05, 0.1) is 11.6 Å². The van der Waals surface area contributed by atoms with Crippen LogP contribution in [0.3, 0.4) is 0 Å². The fourth-order valence-corrected chi connectivity index (χ4v) is 3.07. The topological polar surface area (TPSA) is 15.3 Å². The zero-order valence-corrected chi connectivity index (χ0v) is 13.0. The highest BCUT2D eigenvalue weighted by Gasteiger charge is 2.32. The monoisotopic (exact) mass is 340 g/mol. The Kier molecular flexibility index (Phi) is 4.50. The van der Waals surface area contributed by atoms with E-state index in [2.05, 4.69) is 10.2 Å². The van der Waals surface area contributed by atoms with E-state index in [4.69, 9.17) is 11.6 Å². The molecule has 1 heterocycles. The zero-order valence-electron chi connectivity index (χ0n) is 12.3. The number of nitrogens with zero attached hydrogens (tertiary/aromatic N) is 1. The van der Waals surface area contributed by atoms with Gasteiger partial charge in [0.2, 0.25) is 0 Å². The lowest BCUT2D eigenvalue weighted by molar-refractivity contribution is -0.137. The molecule has 0 aromatic heterocycles. The van der Waals surface area contributed by atoms with Gasteiger partial charge in [-0.3, -0.25) is 0 Å². The maximum atomic E-state index is 13.0. The van der Waals surface area contributed by atoms with Crippen molar-refractivity contribution in [2.24, 2.45) is 0 Å². The summed E-state index contributed by atoms with van der Waals surface area (Å²) in [5.41, 5.74) is 0.944. The first-order valence-electron chi connectivity index (χ1n) is 7.35. The molecule has 1 unspecified atom stereocenters. The summed E-state index contributed by atoms with van der Waals surface area (Å²) in [5.74, 6) is 0. The molecule has 2 nitrogen and oxygen atoms in total.